The Bertz CT molecular complexity index is 540. The molecule has 19 heavy (non-hydrogen) atoms. The van der Waals surface area contributed by atoms with E-state index in [1.807, 2.05) is 36.4 Å². The predicted molar refractivity (Wildman–Crippen MR) is 79.9 cm³/mol. The molecule has 100 valence electrons. The van der Waals surface area contributed by atoms with Crippen molar-refractivity contribution in [3.8, 4) is 5.75 Å². The third-order valence-electron chi connectivity index (χ3n) is 2.99. The Morgan fingerprint density at radius 3 is 2.53 bits per heavy atom. The fourth-order valence-electron chi connectivity index (χ4n) is 1.92. The van der Waals surface area contributed by atoms with Crippen molar-refractivity contribution in [1.82, 2.24) is 0 Å². The second-order valence-electron chi connectivity index (χ2n) is 4.33. The molecule has 0 aromatic heterocycles. The highest BCUT2D eigenvalue weighted by atomic mass is 32.2. The zero-order valence-corrected chi connectivity index (χ0v) is 12.0. The predicted octanol–water partition coefficient (Wildman–Crippen LogP) is 3.83. The molecule has 2 nitrogen and oxygen atoms in total. The van der Waals surface area contributed by atoms with Gasteiger partial charge >= 0.3 is 0 Å². The fourth-order valence-corrected chi connectivity index (χ4v) is 2.91. The van der Waals surface area contributed by atoms with Crippen LogP contribution >= 0.6 is 11.8 Å². The second kappa shape index (κ2) is 6.64. The number of hydrogen-bond donors (Lipinski definition) is 1. The molecule has 0 saturated heterocycles. The third-order valence-corrected chi connectivity index (χ3v) is 4.24. The number of methoxy groups -OCH3 is 1. The van der Waals surface area contributed by atoms with Crippen molar-refractivity contribution in [2.75, 3.05) is 12.9 Å². The van der Waals surface area contributed by atoms with Crippen LogP contribution in [-0.4, -0.2) is 18.0 Å². The van der Waals surface area contributed by atoms with E-state index in [4.69, 9.17) is 4.74 Å². The first-order valence-corrected chi connectivity index (χ1v) is 7.20. The van der Waals surface area contributed by atoms with Crippen molar-refractivity contribution in [2.24, 2.45) is 0 Å². The maximum absolute atomic E-state index is 10.3. The van der Waals surface area contributed by atoms with E-state index in [1.165, 1.54) is 10.5 Å². The van der Waals surface area contributed by atoms with Gasteiger partial charge in [0.2, 0.25) is 0 Å². The molecule has 0 aliphatic rings. The van der Waals surface area contributed by atoms with E-state index in [-0.39, 0.29) is 0 Å². The maximum Gasteiger partial charge on any atom is 0.124 e. The molecule has 0 bridgehead atoms. The summed E-state index contributed by atoms with van der Waals surface area (Å²) < 4.78 is 5.27. The molecule has 2 aromatic carbocycles. The van der Waals surface area contributed by atoms with E-state index < -0.39 is 6.10 Å². The number of rotatable bonds is 5. The van der Waals surface area contributed by atoms with Gasteiger partial charge < -0.3 is 9.84 Å². The van der Waals surface area contributed by atoms with Crippen molar-refractivity contribution >= 4 is 11.8 Å². The molecule has 1 atom stereocenters. The SMILES string of the molecule is COc1ccccc1C(O)CSc1ccccc1C. The number of benzene rings is 2. The topological polar surface area (TPSA) is 29.5 Å². The summed E-state index contributed by atoms with van der Waals surface area (Å²) in [5.74, 6) is 1.35. The first-order valence-electron chi connectivity index (χ1n) is 6.21. The molecule has 1 unspecified atom stereocenters. The molecule has 0 radical (unpaired) electrons. The molecule has 0 heterocycles. The number of aliphatic hydroxyl groups excluding tert-OH is 1. The van der Waals surface area contributed by atoms with Crippen LogP contribution in [0.3, 0.4) is 0 Å². The Balaban J connectivity index is 2.05. The molecule has 0 aliphatic heterocycles. The second-order valence-corrected chi connectivity index (χ2v) is 5.40. The number of hydrogen-bond acceptors (Lipinski definition) is 3. The smallest absolute Gasteiger partial charge is 0.124 e. The molecule has 0 saturated carbocycles. The van der Waals surface area contributed by atoms with Crippen LogP contribution in [0.1, 0.15) is 17.2 Å². The Hall–Kier alpha value is -1.45. The molecule has 1 N–H and O–H groups in total. The molecule has 0 aliphatic carbocycles. The van der Waals surface area contributed by atoms with Crippen LogP contribution in [0.2, 0.25) is 0 Å². The zero-order chi connectivity index (χ0) is 13.7. The number of aliphatic hydroxyl groups is 1. The van der Waals surface area contributed by atoms with E-state index in [0.717, 1.165) is 11.3 Å². The Labute approximate surface area is 118 Å². The van der Waals surface area contributed by atoms with Crippen LogP contribution in [0, 0.1) is 6.92 Å². The summed E-state index contributed by atoms with van der Waals surface area (Å²) in [6, 6.07) is 15.8. The van der Waals surface area contributed by atoms with E-state index in [0.29, 0.717) is 5.75 Å². The minimum absolute atomic E-state index is 0.527. The summed E-state index contributed by atoms with van der Waals surface area (Å²) in [4.78, 5) is 1.21. The Morgan fingerprint density at radius 1 is 1.11 bits per heavy atom. The van der Waals surface area contributed by atoms with Crippen molar-refractivity contribution in [2.45, 2.75) is 17.9 Å². The lowest BCUT2D eigenvalue weighted by molar-refractivity contribution is 0.199. The molecular formula is C16H18O2S. The van der Waals surface area contributed by atoms with E-state index in [9.17, 15) is 5.11 Å². The Morgan fingerprint density at radius 2 is 1.79 bits per heavy atom. The van der Waals surface area contributed by atoms with E-state index >= 15 is 0 Å². The quantitative estimate of drug-likeness (QED) is 0.840. The minimum atomic E-state index is -0.527. The number of ether oxygens (including phenoxy) is 1. The van der Waals surface area contributed by atoms with Crippen LogP contribution < -0.4 is 4.74 Å². The van der Waals surface area contributed by atoms with Crippen LogP contribution in [0.25, 0.3) is 0 Å². The van der Waals surface area contributed by atoms with Gasteiger partial charge in [0.15, 0.2) is 0 Å². The summed E-state index contributed by atoms with van der Waals surface area (Å²) in [5, 5.41) is 10.3. The first kappa shape index (κ1) is 14.0. The summed E-state index contributed by atoms with van der Waals surface area (Å²) in [7, 11) is 1.63. The molecular weight excluding hydrogens is 256 g/mol. The zero-order valence-electron chi connectivity index (χ0n) is 11.2. The molecule has 2 rings (SSSR count). The first-order chi connectivity index (χ1) is 9.22. The highest BCUT2D eigenvalue weighted by Gasteiger charge is 2.13. The van der Waals surface area contributed by atoms with Crippen LogP contribution in [-0.2, 0) is 0 Å². The standard InChI is InChI=1S/C16H18O2S/c1-12-7-3-6-10-16(12)19-11-14(17)13-8-4-5-9-15(13)18-2/h3-10,14,17H,11H2,1-2H3. The normalized spacial score (nSPS) is 12.2. The lowest BCUT2D eigenvalue weighted by atomic mass is 10.1. The Kier molecular flexibility index (Phi) is 4.88. The third kappa shape index (κ3) is 3.52. The van der Waals surface area contributed by atoms with Gasteiger partial charge in [-0.3, -0.25) is 0 Å². The molecule has 0 amide bonds. The van der Waals surface area contributed by atoms with Gasteiger partial charge in [-0.2, -0.15) is 0 Å². The van der Waals surface area contributed by atoms with Crippen molar-refractivity contribution in [1.29, 1.82) is 0 Å². The summed E-state index contributed by atoms with van der Waals surface area (Å²) >= 11 is 1.66. The van der Waals surface area contributed by atoms with E-state index in [2.05, 4.69) is 19.1 Å². The van der Waals surface area contributed by atoms with Crippen molar-refractivity contribution in [3.63, 3.8) is 0 Å². The molecule has 0 fully saturated rings. The van der Waals surface area contributed by atoms with Gasteiger partial charge in [0.1, 0.15) is 5.75 Å². The summed E-state index contributed by atoms with van der Waals surface area (Å²) in [5.41, 5.74) is 2.07. The van der Waals surface area contributed by atoms with Gasteiger partial charge in [0.05, 0.1) is 13.2 Å². The van der Waals surface area contributed by atoms with Crippen LogP contribution in [0.4, 0.5) is 0 Å². The fraction of sp³-hybridized carbons (Fsp3) is 0.250. The van der Waals surface area contributed by atoms with Gasteiger partial charge in [-0.15, -0.1) is 11.8 Å². The van der Waals surface area contributed by atoms with Gasteiger partial charge in [-0.1, -0.05) is 36.4 Å². The van der Waals surface area contributed by atoms with Gasteiger partial charge in [0, 0.05) is 16.2 Å². The molecule has 2 aromatic rings. The maximum atomic E-state index is 10.3. The van der Waals surface area contributed by atoms with Gasteiger partial charge in [-0.05, 0) is 24.6 Å². The highest BCUT2D eigenvalue weighted by molar-refractivity contribution is 7.99. The van der Waals surface area contributed by atoms with Gasteiger partial charge in [-0.25, -0.2) is 0 Å². The number of aryl methyl sites for hydroxylation is 1. The lowest BCUT2D eigenvalue weighted by Gasteiger charge is -2.14. The minimum Gasteiger partial charge on any atom is -0.496 e. The molecule has 3 heteroatoms. The lowest BCUT2D eigenvalue weighted by Crippen LogP contribution is -2.03. The number of thioether (sulfide) groups is 1. The van der Waals surface area contributed by atoms with Crippen LogP contribution in [0.15, 0.2) is 53.4 Å². The monoisotopic (exact) mass is 274 g/mol. The largest absolute Gasteiger partial charge is 0.496 e. The van der Waals surface area contributed by atoms with E-state index in [1.54, 1.807) is 18.9 Å². The highest BCUT2D eigenvalue weighted by Crippen LogP contribution is 2.30. The molecule has 0 spiro atoms. The average Bonchev–Trinajstić information content (AvgIpc) is 2.46. The summed E-state index contributed by atoms with van der Waals surface area (Å²) in [6.45, 7) is 2.08. The van der Waals surface area contributed by atoms with Crippen molar-refractivity contribution in [3.05, 3.63) is 59.7 Å². The van der Waals surface area contributed by atoms with Crippen molar-refractivity contribution < 1.29 is 9.84 Å². The number of para-hydroxylation sites is 1. The summed E-state index contributed by atoms with van der Waals surface area (Å²) in [6.07, 6.45) is -0.527. The van der Waals surface area contributed by atoms with Crippen LogP contribution in [0.5, 0.6) is 5.75 Å². The average molecular weight is 274 g/mol. The van der Waals surface area contributed by atoms with Gasteiger partial charge in [0.25, 0.3) is 0 Å².